The van der Waals surface area contributed by atoms with Crippen molar-refractivity contribution in [3.63, 3.8) is 0 Å². The summed E-state index contributed by atoms with van der Waals surface area (Å²) in [5.41, 5.74) is 9.46. The van der Waals surface area contributed by atoms with Crippen molar-refractivity contribution in [3.05, 3.63) is 78.9 Å². The third-order valence-electron chi connectivity index (χ3n) is 6.50. The number of hydrogen-bond donors (Lipinski definition) is 2. The van der Waals surface area contributed by atoms with Gasteiger partial charge in [-0.3, -0.25) is 0 Å². The second-order valence-electron chi connectivity index (χ2n) is 10.2. The molecule has 1 aliphatic carbocycles. The van der Waals surface area contributed by atoms with Gasteiger partial charge in [-0.1, -0.05) is 89.9 Å². The van der Waals surface area contributed by atoms with Gasteiger partial charge in [0.1, 0.15) is 6.79 Å². The molecule has 1 aromatic rings. The van der Waals surface area contributed by atoms with Gasteiger partial charge >= 0.3 is 0 Å². The first-order valence-corrected chi connectivity index (χ1v) is 13.3. The number of allylic oxidation sites excluding steroid dienone is 3. The van der Waals surface area contributed by atoms with Gasteiger partial charge < -0.3 is 21.4 Å². The molecule has 0 amide bonds. The second-order valence-corrected chi connectivity index (χ2v) is 10.2. The van der Waals surface area contributed by atoms with Crippen molar-refractivity contribution in [2.75, 3.05) is 0 Å². The number of carbonyl (C=O) groups is 1. The lowest BCUT2D eigenvalue weighted by Crippen LogP contribution is -2.33. The molecule has 0 spiro atoms. The normalized spacial score (nSPS) is 18.6. The minimum Gasteiger partial charge on any atom is -0.412 e. The maximum Gasteiger partial charge on any atom is 0.106 e. The van der Waals surface area contributed by atoms with Crippen LogP contribution in [0.25, 0.3) is 0 Å². The van der Waals surface area contributed by atoms with Crippen molar-refractivity contribution in [1.82, 2.24) is 0 Å². The van der Waals surface area contributed by atoms with Crippen LogP contribution in [-0.2, 0) is 4.79 Å². The van der Waals surface area contributed by atoms with Crippen LogP contribution in [0.3, 0.4) is 0 Å². The molecule has 0 heterocycles. The zero-order valence-electron chi connectivity index (χ0n) is 25.4. The lowest BCUT2D eigenvalue weighted by molar-refractivity contribution is -0.0980. The van der Waals surface area contributed by atoms with Gasteiger partial charge in [-0.2, -0.15) is 0 Å². The summed E-state index contributed by atoms with van der Waals surface area (Å²) in [4.78, 5) is 8.00. The van der Waals surface area contributed by atoms with Gasteiger partial charge in [-0.15, -0.1) is 13.2 Å². The van der Waals surface area contributed by atoms with Gasteiger partial charge in [0.15, 0.2) is 0 Å². The third kappa shape index (κ3) is 18.4. The molecule has 0 aliphatic heterocycles. The fourth-order valence-electron chi connectivity index (χ4n) is 4.92. The Morgan fingerprint density at radius 3 is 2.03 bits per heavy atom. The number of rotatable bonds is 7. The molecule has 4 heteroatoms. The molecule has 3 atom stereocenters. The Labute approximate surface area is 230 Å². The maximum atomic E-state index is 8.00. The largest absolute Gasteiger partial charge is 0.412 e. The van der Waals surface area contributed by atoms with Gasteiger partial charge in [0.25, 0.3) is 0 Å². The Morgan fingerprint density at radius 2 is 1.62 bits per heavy atom. The van der Waals surface area contributed by atoms with E-state index in [0.29, 0.717) is 5.41 Å². The summed E-state index contributed by atoms with van der Waals surface area (Å²) in [6.07, 6.45) is 13.5. The van der Waals surface area contributed by atoms with Crippen LogP contribution in [0.2, 0.25) is 0 Å². The molecule has 1 aliphatic rings. The number of carbonyl (C=O) groups excluding carboxylic acids is 1. The molecule has 0 bridgehead atoms. The molecule has 1 fully saturated rings. The van der Waals surface area contributed by atoms with E-state index in [4.69, 9.17) is 15.9 Å². The molecule has 0 aromatic heterocycles. The summed E-state index contributed by atoms with van der Waals surface area (Å²) in [7, 11) is 0. The molecule has 37 heavy (non-hydrogen) atoms. The molecule has 4 nitrogen and oxygen atoms in total. The second kappa shape index (κ2) is 25.2. The summed E-state index contributed by atoms with van der Waals surface area (Å²) in [5.74, 6) is 3.37. The maximum absolute atomic E-state index is 8.00. The first-order valence-electron chi connectivity index (χ1n) is 13.3. The SMILES string of the molecule is C/C([CH]/C=C/N)=C/C=N.C=C.C=O.CC.Cc1ccc(C2CCC([C@H](C)CC(C)C)CC2(C)C)cc1.O. The molecule has 1 aromatic carbocycles. The number of benzene rings is 1. The summed E-state index contributed by atoms with van der Waals surface area (Å²) in [6, 6.07) is 9.27. The molecule has 2 unspecified atom stereocenters. The molecule has 5 N–H and O–H groups in total. The van der Waals surface area contributed by atoms with Gasteiger partial charge in [-0.25, -0.2) is 0 Å². The monoisotopic (exact) mass is 515 g/mol. The molecule has 2 rings (SSSR count). The highest BCUT2D eigenvalue weighted by molar-refractivity contribution is 5.69. The van der Waals surface area contributed by atoms with Gasteiger partial charge in [0, 0.05) is 12.6 Å². The van der Waals surface area contributed by atoms with Crippen LogP contribution in [0, 0.1) is 41.9 Å². The number of nitrogens with one attached hydrogen (secondary N) is 1. The predicted octanol–water partition coefficient (Wildman–Crippen LogP) is 8.66. The minimum atomic E-state index is 0. The highest BCUT2D eigenvalue weighted by atomic mass is 16.1. The molecule has 1 radical (unpaired) electrons. The number of nitrogens with two attached hydrogens (primary N) is 1. The summed E-state index contributed by atoms with van der Waals surface area (Å²) in [5, 5.41) is 6.69. The first kappa shape index (κ1) is 41.7. The molecule has 0 saturated heterocycles. The highest BCUT2D eigenvalue weighted by Gasteiger charge is 2.39. The van der Waals surface area contributed by atoms with Crippen LogP contribution in [0.1, 0.15) is 98.1 Å². The van der Waals surface area contributed by atoms with Crippen molar-refractivity contribution < 1.29 is 10.3 Å². The van der Waals surface area contributed by atoms with Crippen LogP contribution in [-0.4, -0.2) is 18.5 Å². The first-order chi connectivity index (χ1) is 17.1. The van der Waals surface area contributed by atoms with Gasteiger partial charge in [0.2, 0.25) is 0 Å². The zero-order valence-corrected chi connectivity index (χ0v) is 25.4. The van der Waals surface area contributed by atoms with E-state index in [1.807, 2.05) is 34.0 Å². The fraction of sp³-hybridized carbons (Fsp3) is 0.545. The quantitative estimate of drug-likeness (QED) is 0.280. The van der Waals surface area contributed by atoms with E-state index >= 15 is 0 Å². The van der Waals surface area contributed by atoms with Crippen molar-refractivity contribution in [2.24, 2.45) is 28.9 Å². The average molecular weight is 516 g/mol. The lowest BCUT2D eigenvalue weighted by Gasteiger charge is -2.45. The van der Waals surface area contributed by atoms with Crippen molar-refractivity contribution in [2.45, 2.75) is 93.9 Å². The van der Waals surface area contributed by atoms with Crippen LogP contribution in [0.5, 0.6) is 0 Å². The van der Waals surface area contributed by atoms with Crippen LogP contribution >= 0.6 is 0 Å². The summed E-state index contributed by atoms with van der Waals surface area (Å²) >= 11 is 0. The van der Waals surface area contributed by atoms with Crippen LogP contribution in [0.4, 0.5) is 0 Å². The minimum absolute atomic E-state index is 0. The standard InChI is InChI=1S/C21H34.C7H11N2.C2H6.C2H4.CH2O.H2O/c1-15(2)13-17(4)19-11-12-20(21(5,6)14-19)18-9-7-16(3)8-10-18;1-7(4-6-9)3-2-5-8;3*1-2;/h7-10,15,17,19-20H,11-14H2,1-6H3;2-6,9H,8H2,1H3;1-2H3;1-2H2;1H2;1H2/b;5-2+,7-4-,9-6?;;;;/t17-,19?,20?;;;;;/m1...../s1. The highest BCUT2D eigenvalue weighted by Crippen LogP contribution is 2.51. The van der Waals surface area contributed by atoms with Crippen molar-refractivity contribution in [3.8, 4) is 0 Å². The molecular formula is C33H59N2O2. The Hall–Kier alpha value is -2.46. The lowest BCUT2D eigenvalue weighted by atomic mass is 9.60. The van der Waals surface area contributed by atoms with Gasteiger partial charge in [-0.05, 0) is 86.5 Å². The molecular weight excluding hydrogens is 456 g/mol. The Morgan fingerprint density at radius 1 is 1.11 bits per heavy atom. The van der Waals surface area contributed by atoms with E-state index < -0.39 is 0 Å². The van der Waals surface area contributed by atoms with E-state index in [1.165, 1.54) is 43.7 Å². The van der Waals surface area contributed by atoms with Crippen LogP contribution in [0.15, 0.2) is 61.3 Å². The molecule has 213 valence electrons. The van der Waals surface area contributed by atoms with E-state index in [9.17, 15) is 0 Å². The van der Waals surface area contributed by atoms with E-state index in [2.05, 4.69) is 79.0 Å². The van der Waals surface area contributed by atoms with E-state index in [-0.39, 0.29) is 5.48 Å². The predicted molar refractivity (Wildman–Crippen MR) is 167 cm³/mol. The summed E-state index contributed by atoms with van der Waals surface area (Å²) < 4.78 is 0. The van der Waals surface area contributed by atoms with E-state index in [1.54, 1.807) is 17.7 Å². The molecule has 1 saturated carbocycles. The van der Waals surface area contributed by atoms with Crippen LogP contribution < -0.4 is 5.73 Å². The fourth-order valence-corrected chi connectivity index (χ4v) is 4.92. The Kier molecular flexibility index (Phi) is 28.4. The smallest absolute Gasteiger partial charge is 0.106 e. The summed E-state index contributed by atoms with van der Waals surface area (Å²) in [6.45, 7) is 28.3. The average Bonchev–Trinajstić information content (AvgIpc) is 2.87. The number of aryl methyl sites for hydroxylation is 1. The third-order valence-corrected chi connectivity index (χ3v) is 6.50. The van der Waals surface area contributed by atoms with Gasteiger partial charge in [0.05, 0.1) is 0 Å². The van der Waals surface area contributed by atoms with Crippen molar-refractivity contribution >= 4 is 13.0 Å². The van der Waals surface area contributed by atoms with E-state index in [0.717, 1.165) is 29.2 Å². The Bertz CT molecular complexity index is 718. The Balaban J connectivity index is -0.000000288. The zero-order chi connectivity index (χ0) is 28.7. The van der Waals surface area contributed by atoms with Crippen molar-refractivity contribution in [1.29, 1.82) is 5.41 Å². The number of hydrogen-bond acceptors (Lipinski definition) is 3. The topological polar surface area (TPSA) is 98.4 Å².